The Morgan fingerprint density at radius 2 is 1.57 bits per heavy atom. The Morgan fingerprint density at radius 3 is 2.25 bits per heavy atom. The molecule has 1 aliphatic rings. The quantitative estimate of drug-likeness (QED) is 0.118. The van der Waals surface area contributed by atoms with Crippen molar-refractivity contribution in [2.24, 2.45) is 4.99 Å². The van der Waals surface area contributed by atoms with Crippen LogP contribution in [0.25, 0.3) is 6.08 Å². The van der Waals surface area contributed by atoms with Gasteiger partial charge < -0.3 is 4.74 Å². The molecule has 0 radical (unpaired) electrons. The van der Waals surface area contributed by atoms with Crippen molar-refractivity contribution in [3.63, 3.8) is 0 Å². The van der Waals surface area contributed by atoms with E-state index >= 15 is 0 Å². The molecule has 4 aromatic rings. The molecule has 40 heavy (non-hydrogen) atoms. The molecule has 0 unspecified atom stereocenters. The summed E-state index contributed by atoms with van der Waals surface area (Å²) in [5.74, 6) is 0.384. The molecule has 1 aliphatic heterocycles. The molecule has 4 aromatic carbocycles. The van der Waals surface area contributed by atoms with Gasteiger partial charge in [0.15, 0.2) is 5.17 Å². The van der Waals surface area contributed by atoms with Gasteiger partial charge in [0.25, 0.3) is 11.6 Å². The van der Waals surface area contributed by atoms with E-state index in [-0.39, 0.29) is 18.2 Å². The Kier molecular flexibility index (Phi) is 8.59. The van der Waals surface area contributed by atoms with Crippen molar-refractivity contribution < 1.29 is 14.5 Å². The number of hydrogen-bond acceptors (Lipinski definition) is 6. The molecule has 0 bridgehead atoms. The van der Waals surface area contributed by atoms with E-state index in [0.717, 1.165) is 16.7 Å². The van der Waals surface area contributed by atoms with E-state index in [1.165, 1.54) is 23.9 Å². The molecule has 7 nitrogen and oxygen atoms in total. The number of nitro benzene ring substituents is 1. The highest BCUT2D eigenvalue weighted by Gasteiger charge is 2.33. The predicted octanol–water partition coefficient (Wildman–Crippen LogP) is 7.50. The van der Waals surface area contributed by atoms with Crippen LogP contribution in [0, 0.1) is 10.1 Å². The van der Waals surface area contributed by atoms with Gasteiger partial charge in [-0.25, -0.2) is 0 Å². The van der Waals surface area contributed by atoms with Crippen molar-refractivity contribution in [1.29, 1.82) is 0 Å². The number of rotatable bonds is 9. The fourth-order valence-electron chi connectivity index (χ4n) is 4.05. The van der Waals surface area contributed by atoms with Crippen molar-refractivity contribution in [1.82, 2.24) is 4.90 Å². The van der Waals surface area contributed by atoms with Crippen molar-refractivity contribution >= 4 is 46.2 Å². The van der Waals surface area contributed by atoms with Crippen LogP contribution in [0.2, 0.25) is 5.02 Å². The standard InChI is InChI=1S/C31H24ClN3O4S/c32-26-13-16-28(39-21-24-11-14-27(15-12-24)35(37)38)25(17-26)18-29-30(36)34(20-23-9-5-2-6-10-23)31(40-29)33-19-22-7-3-1-4-8-22/h1-18H,19-21H2/b29-18-,33-31?. The van der Waals surface area contributed by atoms with Gasteiger partial charge in [0.1, 0.15) is 12.4 Å². The topological polar surface area (TPSA) is 85.0 Å². The highest BCUT2D eigenvalue weighted by molar-refractivity contribution is 8.18. The number of carbonyl (C=O) groups is 1. The first-order chi connectivity index (χ1) is 19.5. The van der Waals surface area contributed by atoms with Gasteiger partial charge in [-0.1, -0.05) is 72.3 Å². The minimum atomic E-state index is -0.442. The van der Waals surface area contributed by atoms with Crippen molar-refractivity contribution in [2.75, 3.05) is 0 Å². The van der Waals surface area contributed by atoms with E-state index in [9.17, 15) is 14.9 Å². The number of nitrogens with zero attached hydrogens (tertiary/aromatic N) is 3. The lowest BCUT2D eigenvalue weighted by Crippen LogP contribution is -2.28. The van der Waals surface area contributed by atoms with Crippen LogP contribution in [0.5, 0.6) is 5.75 Å². The van der Waals surface area contributed by atoms with Crippen LogP contribution in [0.3, 0.4) is 0 Å². The van der Waals surface area contributed by atoms with E-state index in [4.69, 9.17) is 21.3 Å². The summed E-state index contributed by atoms with van der Waals surface area (Å²) in [6.45, 7) is 1.05. The predicted molar refractivity (Wildman–Crippen MR) is 159 cm³/mol. The number of amides is 1. The largest absolute Gasteiger partial charge is 0.488 e. The summed E-state index contributed by atoms with van der Waals surface area (Å²) in [5, 5.41) is 12.1. The van der Waals surface area contributed by atoms with Crippen molar-refractivity contribution in [2.45, 2.75) is 19.7 Å². The average molecular weight is 570 g/mol. The van der Waals surface area contributed by atoms with Gasteiger partial charge in [-0.3, -0.25) is 24.8 Å². The monoisotopic (exact) mass is 569 g/mol. The normalized spacial score (nSPS) is 15.1. The van der Waals surface area contributed by atoms with Crippen LogP contribution in [-0.2, 0) is 24.5 Å². The zero-order valence-corrected chi connectivity index (χ0v) is 22.8. The molecule has 0 aromatic heterocycles. The third-order valence-electron chi connectivity index (χ3n) is 6.11. The summed E-state index contributed by atoms with van der Waals surface area (Å²) in [6.07, 6.45) is 1.77. The van der Waals surface area contributed by atoms with Gasteiger partial charge in [-0.2, -0.15) is 0 Å². The van der Waals surface area contributed by atoms with E-state index in [1.54, 1.807) is 41.3 Å². The Hall–Kier alpha value is -4.40. The number of amidine groups is 1. The summed E-state index contributed by atoms with van der Waals surface area (Å²) in [6, 6.07) is 31.1. The fraction of sp³-hybridized carbons (Fsp3) is 0.0968. The summed E-state index contributed by atoms with van der Waals surface area (Å²) in [7, 11) is 0. The molecule has 9 heteroatoms. The maximum absolute atomic E-state index is 13.6. The highest BCUT2D eigenvalue weighted by Crippen LogP contribution is 2.36. The third kappa shape index (κ3) is 6.77. The van der Waals surface area contributed by atoms with E-state index in [0.29, 0.717) is 39.5 Å². The molecule has 0 N–H and O–H groups in total. The minimum absolute atomic E-state index is 0.0159. The van der Waals surface area contributed by atoms with Gasteiger partial charge in [-0.05, 0) is 64.9 Å². The zero-order valence-electron chi connectivity index (χ0n) is 21.3. The Morgan fingerprint density at radius 1 is 0.900 bits per heavy atom. The second-order valence-electron chi connectivity index (χ2n) is 8.97. The Labute approximate surface area is 240 Å². The zero-order chi connectivity index (χ0) is 27.9. The molecular weight excluding hydrogens is 546 g/mol. The number of ether oxygens (including phenoxy) is 1. The van der Waals surface area contributed by atoms with Gasteiger partial charge in [0.05, 0.1) is 22.9 Å². The second kappa shape index (κ2) is 12.6. The Bertz CT molecular complexity index is 1580. The molecular formula is C31H24ClN3O4S. The van der Waals surface area contributed by atoms with Crippen LogP contribution < -0.4 is 4.74 Å². The van der Waals surface area contributed by atoms with Crippen LogP contribution in [0.4, 0.5) is 5.69 Å². The summed E-state index contributed by atoms with van der Waals surface area (Å²) >= 11 is 7.63. The Balaban J connectivity index is 1.41. The third-order valence-corrected chi connectivity index (χ3v) is 7.39. The number of aliphatic imine (C=N–C) groups is 1. The first-order valence-electron chi connectivity index (χ1n) is 12.5. The molecule has 200 valence electrons. The van der Waals surface area contributed by atoms with Gasteiger partial charge in [0.2, 0.25) is 0 Å². The number of nitro groups is 1. The molecule has 5 rings (SSSR count). The van der Waals surface area contributed by atoms with E-state index in [1.807, 2.05) is 60.7 Å². The molecule has 0 aliphatic carbocycles. The number of hydrogen-bond donors (Lipinski definition) is 0. The molecule has 1 saturated heterocycles. The average Bonchev–Trinajstić information content (AvgIpc) is 3.26. The maximum atomic E-state index is 13.6. The lowest BCUT2D eigenvalue weighted by molar-refractivity contribution is -0.384. The first kappa shape index (κ1) is 27.2. The molecule has 0 spiro atoms. The number of halogens is 1. The lowest BCUT2D eigenvalue weighted by Gasteiger charge is -2.15. The summed E-state index contributed by atoms with van der Waals surface area (Å²) in [4.78, 5) is 31.1. The summed E-state index contributed by atoms with van der Waals surface area (Å²) < 4.78 is 6.04. The molecule has 1 fully saturated rings. The van der Waals surface area contributed by atoms with Crippen LogP contribution in [-0.4, -0.2) is 20.9 Å². The van der Waals surface area contributed by atoms with E-state index < -0.39 is 4.92 Å². The van der Waals surface area contributed by atoms with Crippen molar-refractivity contribution in [3.8, 4) is 5.75 Å². The van der Waals surface area contributed by atoms with Gasteiger partial charge >= 0.3 is 0 Å². The first-order valence-corrected chi connectivity index (χ1v) is 13.6. The van der Waals surface area contributed by atoms with Crippen LogP contribution >= 0.6 is 23.4 Å². The summed E-state index contributed by atoms with van der Waals surface area (Å²) in [5.41, 5.74) is 3.49. The number of carbonyl (C=O) groups excluding carboxylic acids is 1. The highest BCUT2D eigenvalue weighted by atomic mass is 35.5. The van der Waals surface area contributed by atoms with Crippen LogP contribution in [0.1, 0.15) is 22.3 Å². The van der Waals surface area contributed by atoms with Crippen molar-refractivity contribution in [3.05, 3.63) is 145 Å². The van der Waals surface area contributed by atoms with Gasteiger partial charge in [-0.15, -0.1) is 0 Å². The molecule has 1 amide bonds. The fourth-order valence-corrected chi connectivity index (χ4v) is 5.20. The molecule has 1 heterocycles. The van der Waals surface area contributed by atoms with Crippen LogP contribution in [0.15, 0.2) is 113 Å². The molecule has 0 saturated carbocycles. The number of thioether (sulfide) groups is 1. The van der Waals surface area contributed by atoms with E-state index in [2.05, 4.69) is 0 Å². The maximum Gasteiger partial charge on any atom is 0.269 e. The smallest absolute Gasteiger partial charge is 0.269 e. The number of non-ortho nitro benzene ring substituents is 1. The SMILES string of the molecule is O=C1/C(=C/c2cc(Cl)ccc2OCc2ccc([N+](=O)[O-])cc2)SC(=NCc2ccccc2)N1Cc1ccccc1. The van der Waals surface area contributed by atoms with Gasteiger partial charge in [0, 0.05) is 22.7 Å². The lowest BCUT2D eigenvalue weighted by atomic mass is 10.1. The second-order valence-corrected chi connectivity index (χ2v) is 10.4. The minimum Gasteiger partial charge on any atom is -0.488 e. The molecule has 0 atom stereocenters. The number of benzene rings is 4.